The molecule has 0 fully saturated rings. The summed E-state index contributed by atoms with van der Waals surface area (Å²) in [6.07, 6.45) is 4.11. The van der Waals surface area contributed by atoms with Crippen LogP contribution in [0.1, 0.15) is 39.0 Å². The number of nitrogens with two attached hydrogens (primary N) is 2. The molecule has 5 N–H and O–H groups in total. The fraction of sp³-hybridized carbons (Fsp3) is 0.909. The van der Waals surface area contributed by atoms with Gasteiger partial charge in [-0.3, -0.25) is 4.79 Å². The second kappa shape index (κ2) is 8.84. The zero-order valence-corrected chi connectivity index (χ0v) is 11.1. The van der Waals surface area contributed by atoms with Gasteiger partial charge in [-0.05, 0) is 51.4 Å². The summed E-state index contributed by atoms with van der Waals surface area (Å²) in [7, 11) is 0. The maximum absolute atomic E-state index is 11.6. The average molecular weight is 247 g/mol. The van der Waals surface area contributed by atoms with Crippen molar-refractivity contribution in [2.24, 2.45) is 11.5 Å². The molecule has 0 spiro atoms. The molecule has 0 unspecified atom stereocenters. The van der Waals surface area contributed by atoms with E-state index in [1.807, 2.05) is 0 Å². The van der Waals surface area contributed by atoms with Gasteiger partial charge in [-0.15, -0.1) is 0 Å². The van der Waals surface area contributed by atoms with E-state index in [1.54, 1.807) is 0 Å². The lowest BCUT2D eigenvalue weighted by atomic mass is 9.90. The molecule has 0 heterocycles. The fourth-order valence-corrected chi connectivity index (χ4v) is 1.94. The van der Waals surface area contributed by atoms with Gasteiger partial charge in [0.25, 0.3) is 0 Å². The molecule has 0 atom stereocenters. The molecule has 5 heteroatoms. The minimum atomic E-state index is -0.168. The SMILES string of the molecule is CC(CCCN)(CCCN)NC(=O)CCS. The van der Waals surface area contributed by atoms with E-state index < -0.39 is 0 Å². The van der Waals surface area contributed by atoms with Crippen molar-refractivity contribution in [2.45, 2.75) is 44.6 Å². The smallest absolute Gasteiger partial charge is 0.221 e. The highest BCUT2D eigenvalue weighted by molar-refractivity contribution is 7.80. The maximum Gasteiger partial charge on any atom is 0.221 e. The lowest BCUT2D eigenvalue weighted by Crippen LogP contribution is -2.46. The lowest BCUT2D eigenvalue weighted by molar-refractivity contribution is -0.122. The maximum atomic E-state index is 11.6. The number of hydrogen-bond acceptors (Lipinski definition) is 4. The Bertz CT molecular complexity index is 192. The Morgan fingerprint density at radius 2 is 1.75 bits per heavy atom. The van der Waals surface area contributed by atoms with Crippen molar-refractivity contribution in [3.63, 3.8) is 0 Å². The summed E-state index contributed by atoms with van der Waals surface area (Å²) in [5, 5.41) is 3.07. The highest BCUT2D eigenvalue weighted by atomic mass is 32.1. The largest absolute Gasteiger partial charge is 0.351 e. The second-order valence-corrected chi connectivity index (χ2v) is 4.81. The van der Waals surface area contributed by atoms with Gasteiger partial charge >= 0.3 is 0 Å². The molecular weight excluding hydrogens is 222 g/mol. The first-order valence-electron chi connectivity index (χ1n) is 5.90. The van der Waals surface area contributed by atoms with Crippen LogP contribution in [0, 0.1) is 0 Å². The molecule has 0 aromatic heterocycles. The summed E-state index contributed by atoms with van der Waals surface area (Å²) >= 11 is 4.05. The molecule has 0 aliphatic rings. The zero-order valence-electron chi connectivity index (χ0n) is 10.2. The van der Waals surface area contributed by atoms with Crippen molar-refractivity contribution < 1.29 is 4.79 Å². The molecule has 0 aromatic carbocycles. The van der Waals surface area contributed by atoms with Crippen molar-refractivity contribution >= 4 is 18.5 Å². The fourth-order valence-electron chi connectivity index (χ4n) is 1.74. The Morgan fingerprint density at radius 1 is 1.25 bits per heavy atom. The van der Waals surface area contributed by atoms with Gasteiger partial charge in [0.15, 0.2) is 0 Å². The van der Waals surface area contributed by atoms with Gasteiger partial charge in [-0.1, -0.05) is 0 Å². The summed E-state index contributed by atoms with van der Waals surface area (Å²) < 4.78 is 0. The average Bonchev–Trinajstić information content (AvgIpc) is 2.24. The van der Waals surface area contributed by atoms with E-state index in [0.717, 1.165) is 25.7 Å². The van der Waals surface area contributed by atoms with Crippen LogP contribution in [0.4, 0.5) is 0 Å². The number of carbonyl (C=O) groups is 1. The molecule has 16 heavy (non-hydrogen) atoms. The predicted molar refractivity (Wildman–Crippen MR) is 71.6 cm³/mol. The molecule has 0 radical (unpaired) electrons. The molecular formula is C11H25N3OS. The third-order valence-corrected chi connectivity index (χ3v) is 2.87. The van der Waals surface area contributed by atoms with Gasteiger partial charge < -0.3 is 16.8 Å². The minimum absolute atomic E-state index is 0.0616. The first kappa shape index (κ1) is 15.7. The van der Waals surface area contributed by atoms with Crippen LogP contribution in [0.5, 0.6) is 0 Å². The summed E-state index contributed by atoms with van der Waals surface area (Å²) in [4.78, 5) is 11.6. The number of thiol groups is 1. The highest BCUT2D eigenvalue weighted by Crippen LogP contribution is 2.18. The van der Waals surface area contributed by atoms with E-state index in [-0.39, 0.29) is 11.4 Å². The highest BCUT2D eigenvalue weighted by Gasteiger charge is 2.24. The molecule has 0 aliphatic heterocycles. The first-order chi connectivity index (χ1) is 7.58. The van der Waals surface area contributed by atoms with Gasteiger partial charge in [-0.2, -0.15) is 12.6 Å². The first-order valence-corrected chi connectivity index (χ1v) is 6.53. The van der Waals surface area contributed by atoms with Crippen molar-refractivity contribution in [1.29, 1.82) is 0 Å². The van der Waals surface area contributed by atoms with Crippen LogP contribution in [0.15, 0.2) is 0 Å². The Hall–Kier alpha value is -0.260. The van der Waals surface area contributed by atoms with Gasteiger partial charge in [0, 0.05) is 12.0 Å². The van der Waals surface area contributed by atoms with Gasteiger partial charge in [0.2, 0.25) is 5.91 Å². The Balaban J connectivity index is 4.21. The molecule has 0 bridgehead atoms. The van der Waals surface area contributed by atoms with Gasteiger partial charge in [0.1, 0.15) is 0 Å². The molecule has 96 valence electrons. The van der Waals surface area contributed by atoms with Crippen LogP contribution in [0.2, 0.25) is 0 Å². The van der Waals surface area contributed by atoms with E-state index in [1.165, 1.54) is 0 Å². The number of amides is 1. The van der Waals surface area contributed by atoms with E-state index >= 15 is 0 Å². The zero-order chi connectivity index (χ0) is 12.4. The minimum Gasteiger partial charge on any atom is -0.351 e. The number of hydrogen-bond donors (Lipinski definition) is 4. The molecule has 4 nitrogen and oxygen atoms in total. The van der Waals surface area contributed by atoms with Crippen LogP contribution in [0.3, 0.4) is 0 Å². The molecule has 0 aliphatic carbocycles. The summed E-state index contributed by atoms with van der Waals surface area (Å²) in [6.45, 7) is 3.37. The molecule has 0 rings (SSSR count). The monoisotopic (exact) mass is 247 g/mol. The molecule has 0 saturated heterocycles. The summed E-state index contributed by atoms with van der Waals surface area (Å²) in [6, 6.07) is 0. The normalized spacial score (nSPS) is 11.5. The molecule has 0 aromatic rings. The molecule has 1 amide bonds. The van der Waals surface area contributed by atoms with E-state index in [4.69, 9.17) is 11.5 Å². The summed E-state index contributed by atoms with van der Waals surface area (Å²) in [5.74, 6) is 0.641. The number of carbonyl (C=O) groups excluding carboxylic acids is 1. The van der Waals surface area contributed by atoms with E-state index in [0.29, 0.717) is 25.3 Å². The van der Waals surface area contributed by atoms with Crippen molar-refractivity contribution in [3.8, 4) is 0 Å². The Labute approximate surface area is 104 Å². The third kappa shape index (κ3) is 7.09. The van der Waals surface area contributed by atoms with Crippen LogP contribution >= 0.6 is 12.6 Å². The number of nitrogens with one attached hydrogen (secondary N) is 1. The van der Waals surface area contributed by atoms with E-state index in [2.05, 4.69) is 24.9 Å². The summed E-state index contributed by atoms with van der Waals surface area (Å²) in [5.41, 5.74) is 10.8. The topological polar surface area (TPSA) is 81.1 Å². The van der Waals surface area contributed by atoms with Crippen LogP contribution in [-0.2, 0) is 4.79 Å². The Kier molecular flexibility index (Phi) is 8.70. The molecule has 0 saturated carbocycles. The van der Waals surface area contributed by atoms with Gasteiger partial charge in [0.05, 0.1) is 0 Å². The van der Waals surface area contributed by atoms with E-state index in [9.17, 15) is 4.79 Å². The Morgan fingerprint density at radius 3 is 2.12 bits per heavy atom. The van der Waals surface area contributed by atoms with Crippen LogP contribution < -0.4 is 16.8 Å². The standard InChI is InChI=1S/C11H25N3OS/c1-11(5-2-7-12,6-3-8-13)14-10(15)4-9-16/h16H,2-9,12-13H2,1H3,(H,14,15). The van der Waals surface area contributed by atoms with Gasteiger partial charge in [-0.25, -0.2) is 0 Å². The van der Waals surface area contributed by atoms with Crippen LogP contribution in [-0.4, -0.2) is 30.3 Å². The van der Waals surface area contributed by atoms with Crippen molar-refractivity contribution in [3.05, 3.63) is 0 Å². The van der Waals surface area contributed by atoms with Crippen LogP contribution in [0.25, 0.3) is 0 Å². The number of rotatable bonds is 9. The third-order valence-electron chi connectivity index (χ3n) is 2.65. The predicted octanol–water partition coefficient (Wildman–Crippen LogP) is 0.659. The quantitative estimate of drug-likeness (QED) is 0.452. The van der Waals surface area contributed by atoms with Crippen molar-refractivity contribution in [1.82, 2.24) is 5.32 Å². The van der Waals surface area contributed by atoms with Crippen molar-refractivity contribution in [2.75, 3.05) is 18.8 Å². The lowest BCUT2D eigenvalue weighted by Gasteiger charge is -2.31. The second-order valence-electron chi connectivity index (χ2n) is 4.37.